The van der Waals surface area contributed by atoms with Crippen LogP contribution in [0.1, 0.15) is 54.6 Å². The number of hydrogen-bond donors (Lipinski definition) is 1. The summed E-state index contributed by atoms with van der Waals surface area (Å²) in [6.45, 7) is 3.37. The average molecular weight is 339 g/mol. The third-order valence-electron chi connectivity index (χ3n) is 5.81. The van der Waals surface area contributed by atoms with Gasteiger partial charge in [0.15, 0.2) is 0 Å². The minimum absolute atomic E-state index is 0.0728. The van der Waals surface area contributed by atoms with Gasteiger partial charge in [-0.1, -0.05) is 6.08 Å². The fourth-order valence-corrected chi connectivity index (χ4v) is 4.07. The third-order valence-corrected chi connectivity index (χ3v) is 5.81. The number of hydrogen-bond acceptors (Lipinski definition) is 3. The van der Waals surface area contributed by atoms with Crippen LogP contribution in [0.25, 0.3) is 0 Å². The number of amides is 2. The molecule has 0 bridgehead atoms. The molecule has 25 heavy (non-hydrogen) atoms. The van der Waals surface area contributed by atoms with Crippen molar-refractivity contribution in [2.24, 2.45) is 11.3 Å². The van der Waals surface area contributed by atoms with E-state index in [9.17, 15) is 9.59 Å². The van der Waals surface area contributed by atoms with Crippen LogP contribution >= 0.6 is 0 Å². The van der Waals surface area contributed by atoms with Gasteiger partial charge in [0.1, 0.15) is 0 Å². The average Bonchev–Trinajstić information content (AvgIpc) is 3.33. The van der Waals surface area contributed by atoms with Gasteiger partial charge in [-0.15, -0.1) is 0 Å². The second kappa shape index (κ2) is 6.28. The molecule has 0 spiro atoms. The second-order valence-corrected chi connectivity index (χ2v) is 7.73. The Balaban J connectivity index is 1.46. The number of likely N-dealkylation sites (tertiary alicyclic amines) is 1. The summed E-state index contributed by atoms with van der Waals surface area (Å²) < 4.78 is 0. The highest BCUT2D eigenvalue weighted by Gasteiger charge is 2.46. The molecule has 1 aromatic rings. The molecule has 1 aliphatic heterocycles. The molecule has 1 saturated carbocycles. The normalized spacial score (nSPS) is 25.6. The Morgan fingerprint density at radius 3 is 2.92 bits per heavy atom. The maximum atomic E-state index is 12.5. The van der Waals surface area contributed by atoms with Gasteiger partial charge >= 0.3 is 0 Å². The van der Waals surface area contributed by atoms with Gasteiger partial charge in [0.25, 0.3) is 5.91 Å². The van der Waals surface area contributed by atoms with E-state index in [2.05, 4.69) is 16.4 Å². The molecule has 1 unspecified atom stereocenters. The zero-order chi connectivity index (χ0) is 17.4. The van der Waals surface area contributed by atoms with Crippen LogP contribution in [0.4, 0.5) is 0 Å². The second-order valence-electron chi connectivity index (χ2n) is 7.73. The Morgan fingerprint density at radius 2 is 2.20 bits per heavy atom. The summed E-state index contributed by atoms with van der Waals surface area (Å²) >= 11 is 0. The van der Waals surface area contributed by atoms with Gasteiger partial charge in [0.2, 0.25) is 5.91 Å². The van der Waals surface area contributed by atoms with Crippen molar-refractivity contribution >= 4 is 11.8 Å². The highest BCUT2D eigenvalue weighted by Crippen LogP contribution is 2.48. The number of rotatable bonds is 5. The monoisotopic (exact) mass is 339 g/mol. The quantitative estimate of drug-likeness (QED) is 0.897. The van der Waals surface area contributed by atoms with Crippen molar-refractivity contribution in [1.82, 2.24) is 15.2 Å². The van der Waals surface area contributed by atoms with Crippen molar-refractivity contribution in [2.75, 3.05) is 13.1 Å². The molecule has 5 nitrogen and oxygen atoms in total. The van der Waals surface area contributed by atoms with E-state index in [0.29, 0.717) is 24.4 Å². The third kappa shape index (κ3) is 3.20. The lowest BCUT2D eigenvalue weighted by atomic mass is 9.76. The largest absolute Gasteiger partial charge is 0.351 e. The zero-order valence-corrected chi connectivity index (χ0v) is 14.8. The molecule has 132 valence electrons. The number of aryl methyl sites for hydroxylation is 1. The maximum absolute atomic E-state index is 12.5. The molecular formula is C20H25N3O2. The van der Waals surface area contributed by atoms with Crippen molar-refractivity contribution in [3.05, 3.63) is 41.4 Å². The lowest BCUT2D eigenvalue weighted by Crippen LogP contribution is -2.48. The first-order valence-electron chi connectivity index (χ1n) is 9.29. The first-order valence-corrected chi connectivity index (χ1v) is 9.29. The molecule has 2 fully saturated rings. The van der Waals surface area contributed by atoms with E-state index in [1.165, 1.54) is 12.8 Å². The summed E-state index contributed by atoms with van der Waals surface area (Å²) in [6, 6.07) is 3.66. The van der Waals surface area contributed by atoms with Crippen LogP contribution in [0.2, 0.25) is 0 Å². The van der Waals surface area contributed by atoms with Crippen LogP contribution in [-0.2, 0) is 4.79 Å². The summed E-state index contributed by atoms with van der Waals surface area (Å²) in [4.78, 5) is 31.1. The van der Waals surface area contributed by atoms with Gasteiger partial charge < -0.3 is 10.2 Å². The minimum atomic E-state index is -0.0845. The van der Waals surface area contributed by atoms with Gasteiger partial charge in [0, 0.05) is 42.5 Å². The molecule has 2 heterocycles. The summed E-state index contributed by atoms with van der Waals surface area (Å²) in [5.74, 6) is 0.845. The number of nitrogens with zero attached hydrogens (tertiary/aromatic N) is 2. The number of piperidine rings is 1. The van der Waals surface area contributed by atoms with Crippen molar-refractivity contribution in [3.63, 3.8) is 0 Å². The van der Waals surface area contributed by atoms with Gasteiger partial charge in [-0.05, 0) is 57.1 Å². The Morgan fingerprint density at radius 1 is 1.36 bits per heavy atom. The van der Waals surface area contributed by atoms with Crippen LogP contribution in [0.15, 0.2) is 30.1 Å². The number of allylic oxidation sites excluding steroid dienone is 1. The first kappa shape index (κ1) is 16.3. The Bertz CT molecular complexity index is 721. The van der Waals surface area contributed by atoms with E-state index < -0.39 is 0 Å². The maximum Gasteiger partial charge on any atom is 0.252 e. The fraction of sp³-hybridized carbons (Fsp3) is 0.550. The highest BCUT2D eigenvalue weighted by molar-refractivity contribution is 5.94. The van der Waals surface area contributed by atoms with Crippen molar-refractivity contribution < 1.29 is 9.59 Å². The molecule has 1 atom stereocenters. The van der Waals surface area contributed by atoms with E-state index in [-0.39, 0.29) is 17.2 Å². The molecule has 0 radical (unpaired) electrons. The van der Waals surface area contributed by atoms with E-state index in [4.69, 9.17) is 0 Å². The van der Waals surface area contributed by atoms with Crippen LogP contribution in [-0.4, -0.2) is 34.8 Å². The van der Waals surface area contributed by atoms with Crippen LogP contribution in [0.3, 0.4) is 0 Å². The molecule has 1 saturated heterocycles. The highest BCUT2D eigenvalue weighted by atomic mass is 16.2. The predicted molar refractivity (Wildman–Crippen MR) is 94.7 cm³/mol. The SMILES string of the molecule is Cc1ccc(C(=O)NCC23CCC=C2N(CC2CC2)C(=O)CC3)cn1. The molecule has 0 aromatic carbocycles. The molecule has 1 aromatic heterocycles. The zero-order valence-electron chi connectivity index (χ0n) is 14.8. The van der Waals surface area contributed by atoms with E-state index in [0.717, 1.165) is 37.2 Å². The number of nitrogens with one attached hydrogen (secondary N) is 1. The summed E-state index contributed by atoms with van der Waals surface area (Å²) in [7, 11) is 0. The van der Waals surface area contributed by atoms with E-state index >= 15 is 0 Å². The minimum Gasteiger partial charge on any atom is -0.351 e. The van der Waals surface area contributed by atoms with Gasteiger partial charge in [-0.25, -0.2) is 0 Å². The van der Waals surface area contributed by atoms with Crippen LogP contribution < -0.4 is 5.32 Å². The standard InChI is InChI=1S/C20H25N3O2/c1-14-4-7-16(11-21-14)19(25)22-13-20-9-2-3-17(20)23(12-15-5-6-15)18(24)8-10-20/h3-4,7,11,15H,2,5-6,8-10,12-13H2,1H3,(H,22,25). The molecule has 2 amide bonds. The van der Waals surface area contributed by atoms with Crippen LogP contribution in [0.5, 0.6) is 0 Å². The molecule has 5 heteroatoms. The van der Waals surface area contributed by atoms with Crippen molar-refractivity contribution in [3.8, 4) is 0 Å². The summed E-state index contributed by atoms with van der Waals surface area (Å²) in [6.07, 6.45) is 9.76. The lowest BCUT2D eigenvalue weighted by molar-refractivity contribution is -0.133. The smallest absolute Gasteiger partial charge is 0.252 e. The molecule has 4 rings (SSSR count). The summed E-state index contributed by atoms with van der Waals surface area (Å²) in [5.41, 5.74) is 2.58. The van der Waals surface area contributed by atoms with Crippen LogP contribution in [0, 0.1) is 18.3 Å². The fourth-order valence-electron chi connectivity index (χ4n) is 4.07. The number of aromatic nitrogens is 1. The molecule has 3 aliphatic rings. The number of pyridine rings is 1. The van der Waals surface area contributed by atoms with Gasteiger partial charge in [-0.3, -0.25) is 14.6 Å². The Kier molecular flexibility index (Phi) is 4.10. The molecular weight excluding hydrogens is 314 g/mol. The van der Waals surface area contributed by atoms with Gasteiger partial charge in [-0.2, -0.15) is 0 Å². The Labute approximate surface area is 148 Å². The first-order chi connectivity index (χ1) is 12.1. The van der Waals surface area contributed by atoms with Crippen molar-refractivity contribution in [2.45, 2.75) is 45.4 Å². The molecule has 1 N–H and O–H groups in total. The van der Waals surface area contributed by atoms with E-state index in [1.807, 2.05) is 24.0 Å². The van der Waals surface area contributed by atoms with Gasteiger partial charge in [0.05, 0.1) is 5.56 Å². The number of fused-ring (bicyclic) bond motifs is 1. The number of carbonyl (C=O) groups excluding carboxylic acids is 2. The van der Waals surface area contributed by atoms with E-state index in [1.54, 1.807) is 6.20 Å². The predicted octanol–water partition coefficient (Wildman–Crippen LogP) is 2.82. The molecule has 2 aliphatic carbocycles. The number of carbonyl (C=O) groups is 2. The topological polar surface area (TPSA) is 62.3 Å². The lowest BCUT2D eigenvalue weighted by Gasteiger charge is -2.42. The Hall–Kier alpha value is -2.17. The van der Waals surface area contributed by atoms with Crippen molar-refractivity contribution in [1.29, 1.82) is 0 Å². The summed E-state index contributed by atoms with van der Waals surface area (Å²) in [5, 5.41) is 3.10.